The van der Waals surface area contributed by atoms with Crippen LogP contribution in [0.3, 0.4) is 0 Å². The van der Waals surface area contributed by atoms with Crippen LogP contribution < -0.4 is 5.32 Å². The molecule has 2 N–H and O–H groups in total. The number of imidazole rings is 1. The van der Waals surface area contributed by atoms with E-state index < -0.39 is 0 Å². The molecule has 32 heavy (non-hydrogen) atoms. The molecular weight excluding hydrogens is 404 g/mol. The Kier molecular flexibility index (Phi) is 5.52. The van der Waals surface area contributed by atoms with Gasteiger partial charge in [0.2, 0.25) is 5.95 Å². The zero-order valence-corrected chi connectivity index (χ0v) is 17.8. The Labute approximate surface area is 186 Å². The number of hydrogen-bond donors (Lipinski definition) is 2. The highest BCUT2D eigenvalue weighted by atomic mass is 16.5. The van der Waals surface area contributed by atoms with Crippen LogP contribution in [0.25, 0.3) is 33.3 Å². The summed E-state index contributed by atoms with van der Waals surface area (Å²) >= 11 is 0. The normalized spacial score (nSPS) is 11.0. The van der Waals surface area contributed by atoms with Gasteiger partial charge in [0, 0.05) is 35.6 Å². The van der Waals surface area contributed by atoms with Crippen LogP contribution in [0.15, 0.2) is 45.7 Å². The minimum absolute atomic E-state index is 0. The fraction of sp³-hybridized carbons (Fsp3) is 0.250. The number of nitrogens with one attached hydrogen (secondary N) is 2. The van der Waals surface area contributed by atoms with Crippen molar-refractivity contribution in [3.63, 3.8) is 0 Å². The highest BCUT2D eigenvalue weighted by molar-refractivity contribution is 5.98. The van der Waals surface area contributed by atoms with Gasteiger partial charge in [-0.2, -0.15) is 0 Å². The second-order valence-corrected chi connectivity index (χ2v) is 7.62. The van der Waals surface area contributed by atoms with Gasteiger partial charge in [0.1, 0.15) is 11.5 Å². The predicted molar refractivity (Wildman–Crippen MR) is 124 cm³/mol. The third-order valence-corrected chi connectivity index (χ3v) is 5.39. The van der Waals surface area contributed by atoms with Gasteiger partial charge in [0.25, 0.3) is 0 Å². The van der Waals surface area contributed by atoms with Gasteiger partial charge < -0.3 is 19.3 Å². The molecule has 4 heterocycles. The number of benzene rings is 1. The van der Waals surface area contributed by atoms with Crippen LogP contribution in [0, 0.1) is 27.7 Å². The maximum atomic E-state index is 5.45. The molecule has 0 aliphatic rings. The molecule has 0 bridgehead atoms. The van der Waals surface area contributed by atoms with Crippen molar-refractivity contribution in [1.82, 2.24) is 25.3 Å². The van der Waals surface area contributed by atoms with Gasteiger partial charge in [-0.05, 0) is 57.0 Å². The first-order valence-electron chi connectivity index (χ1n) is 10.0. The van der Waals surface area contributed by atoms with Crippen molar-refractivity contribution < 1.29 is 9.05 Å². The van der Waals surface area contributed by atoms with E-state index >= 15 is 0 Å². The number of fused-ring (bicyclic) bond motifs is 1. The summed E-state index contributed by atoms with van der Waals surface area (Å²) < 4.78 is 10.9. The van der Waals surface area contributed by atoms with Crippen molar-refractivity contribution in [3.8, 4) is 22.3 Å². The van der Waals surface area contributed by atoms with Crippen LogP contribution >= 0.6 is 0 Å². The molecule has 4 aromatic heterocycles. The number of nitrogens with zero attached hydrogens (tertiary/aromatic N) is 4. The SMILES string of the molecule is C.Cc1noc(C)c1-c1cc(-c2c(C)noc2C)c2nc(NCc3cccnc3)[nH]c2c1. The summed E-state index contributed by atoms with van der Waals surface area (Å²) in [6, 6.07) is 8.12. The lowest BCUT2D eigenvalue weighted by Crippen LogP contribution is -2.00. The Morgan fingerprint density at radius 3 is 2.31 bits per heavy atom. The van der Waals surface area contributed by atoms with Crippen molar-refractivity contribution >= 4 is 17.0 Å². The molecule has 0 fully saturated rings. The first-order chi connectivity index (χ1) is 15.0. The maximum Gasteiger partial charge on any atom is 0.201 e. The second-order valence-electron chi connectivity index (χ2n) is 7.62. The quantitative estimate of drug-likeness (QED) is 0.366. The number of aryl methyl sites for hydroxylation is 4. The van der Waals surface area contributed by atoms with E-state index in [2.05, 4.69) is 37.7 Å². The Bertz CT molecular complexity index is 1340. The molecule has 0 unspecified atom stereocenters. The Balaban J connectivity index is 0.00000245. The number of H-pyrrole nitrogens is 1. The molecule has 5 aromatic rings. The van der Waals surface area contributed by atoms with Gasteiger partial charge in [0.15, 0.2) is 0 Å². The van der Waals surface area contributed by atoms with E-state index in [9.17, 15) is 0 Å². The number of aromatic nitrogens is 5. The fourth-order valence-corrected chi connectivity index (χ4v) is 3.99. The van der Waals surface area contributed by atoms with Gasteiger partial charge >= 0.3 is 0 Å². The Hall–Kier alpha value is -3.94. The van der Waals surface area contributed by atoms with Crippen LogP contribution in [0.2, 0.25) is 0 Å². The molecule has 0 aliphatic carbocycles. The summed E-state index contributed by atoms with van der Waals surface area (Å²) in [6.45, 7) is 8.33. The van der Waals surface area contributed by atoms with Crippen molar-refractivity contribution in [2.75, 3.05) is 5.32 Å². The van der Waals surface area contributed by atoms with Crippen molar-refractivity contribution in [1.29, 1.82) is 0 Å². The van der Waals surface area contributed by atoms with Crippen LogP contribution in [0.5, 0.6) is 0 Å². The first kappa shape index (κ1) is 21.3. The first-order valence-corrected chi connectivity index (χ1v) is 10.0. The highest BCUT2D eigenvalue weighted by Crippen LogP contribution is 2.38. The van der Waals surface area contributed by atoms with E-state index in [1.807, 2.05) is 46.0 Å². The lowest BCUT2D eigenvalue weighted by Gasteiger charge is -2.07. The van der Waals surface area contributed by atoms with Gasteiger partial charge in [-0.1, -0.05) is 23.8 Å². The summed E-state index contributed by atoms with van der Waals surface area (Å²) in [7, 11) is 0. The smallest absolute Gasteiger partial charge is 0.201 e. The average molecular weight is 431 g/mol. The molecule has 164 valence electrons. The minimum atomic E-state index is 0. The van der Waals surface area contributed by atoms with E-state index in [0.29, 0.717) is 12.5 Å². The van der Waals surface area contributed by atoms with E-state index in [4.69, 9.17) is 14.0 Å². The van der Waals surface area contributed by atoms with Gasteiger partial charge in [-0.15, -0.1) is 0 Å². The van der Waals surface area contributed by atoms with Crippen molar-refractivity contribution in [2.45, 2.75) is 41.7 Å². The third kappa shape index (κ3) is 3.64. The van der Waals surface area contributed by atoms with Crippen molar-refractivity contribution in [3.05, 3.63) is 65.1 Å². The van der Waals surface area contributed by atoms with E-state index in [0.717, 1.165) is 61.8 Å². The average Bonchev–Trinajstić information content (AvgIpc) is 3.43. The summed E-state index contributed by atoms with van der Waals surface area (Å²) in [5.74, 6) is 2.21. The Morgan fingerprint density at radius 1 is 0.969 bits per heavy atom. The van der Waals surface area contributed by atoms with E-state index in [1.165, 1.54) is 0 Å². The highest BCUT2D eigenvalue weighted by Gasteiger charge is 2.21. The van der Waals surface area contributed by atoms with Crippen molar-refractivity contribution in [2.24, 2.45) is 0 Å². The Morgan fingerprint density at radius 2 is 1.69 bits per heavy atom. The van der Waals surface area contributed by atoms with Crippen LogP contribution in [0.4, 0.5) is 5.95 Å². The number of pyridine rings is 1. The summed E-state index contributed by atoms with van der Waals surface area (Å²) in [4.78, 5) is 12.4. The molecule has 5 rings (SSSR count). The number of rotatable bonds is 5. The molecule has 0 saturated carbocycles. The minimum Gasteiger partial charge on any atom is -0.361 e. The predicted octanol–water partition coefficient (Wildman–Crippen LogP) is 5.75. The van der Waals surface area contributed by atoms with Gasteiger partial charge in [-0.25, -0.2) is 4.98 Å². The number of aromatic amines is 1. The molecule has 8 heteroatoms. The van der Waals surface area contributed by atoms with E-state index in [1.54, 1.807) is 6.20 Å². The molecule has 1 aromatic carbocycles. The summed E-state index contributed by atoms with van der Waals surface area (Å²) in [6.07, 6.45) is 3.59. The number of hydrogen-bond acceptors (Lipinski definition) is 7. The molecule has 0 spiro atoms. The van der Waals surface area contributed by atoms with Gasteiger partial charge in [0.05, 0.1) is 22.4 Å². The zero-order chi connectivity index (χ0) is 21.5. The topological polar surface area (TPSA) is 106 Å². The van der Waals surface area contributed by atoms with Crippen LogP contribution in [0.1, 0.15) is 35.9 Å². The van der Waals surface area contributed by atoms with E-state index in [-0.39, 0.29) is 7.43 Å². The monoisotopic (exact) mass is 430 g/mol. The standard InChI is InChI=1S/C23H22N6O2.CH4/c1-12-20(14(3)30-28-12)17-8-18(21-13(2)29-31-15(21)4)22-19(9-17)26-23(27-22)25-11-16-6-5-7-24-10-16;/h5-10H,11H2,1-4H3,(H2,25,26,27);1H4. The van der Waals surface area contributed by atoms with Crippen LogP contribution in [-0.4, -0.2) is 25.3 Å². The molecule has 0 atom stereocenters. The largest absolute Gasteiger partial charge is 0.361 e. The second kappa shape index (κ2) is 8.30. The molecule has 8 nitrogen and oxygen atoms in total. The molecular formula is C24H26N6O2. The molecule has 0 amide bonds. The lowest BCUT2D eigenvalue weighted by molar-refractivity contribution is 0.393. The maximum absolute atomic E-state index is 5.45. The van der Waals surface area contributed by atoms with Crippen LogP contribution in [-0.2, 0) is 6.54 Å². The van der Waals surface area contributed by atoms with Gasteiger partial charge in [-0.3, -0.25) is 4.98 Å². The molecule has 0 radical (unpaired) electrons. The fourth-order valence-electron chi connectivity index (χ4n) is 3.99. The summed E-state index contributed by atoms with van der Waals surface area (Å²) in [5.41, 5.74) is 8.37. The third-order valence-electron chi connectivity index (χ3n) is 5.39. The lowest BCUT2D eigenvalue weighted by atomic mass is 9.96. The summed E-state index contributed by atoms with van der Waals surface area (Å²) in [5, 5.41) is 11.6. The molecule has 0 aliphatic heterocycles. The molecule has 0 saturated heterocycles. The number of anilines is 1. The zero-order valence-electron chi connectivity index (χ0n) is 17.8.